The van der Waals surface area contributed by atoms with Gasteiger partial charge in [0, 0.05) is 19.2 Å². The highest BCUT2D eigenvalue weighted by molar-refractivity contribution is 6.32. The van der Waals surface area contributed by atoms with Crippen molar-refractivity contribution in [3.05, 3.63) is 46.5 Å². The Hall–Kier alpha value is -2.60. The maximum absolute atomic E-state index is 12.7. The summed E-state index contributed by atoms with van der Waals surface area (Å²) in [6.45, 7) is 0.528. The summed E-state index contributed by atoms with van der Waals surface area (Å²) in [6.07, 6.45) is 0.670. The molecule has 7 heteroatoms. The van der Waals surface area contributed by atoms with Crippen molar-refractivity contribution in [2.45, 2.75) is 6.42 Å². The molecule has 0 saturated heterocycles. The number of likely N-dealkylation sites (N-methyl/N-ethyl adjacent to an activating group) is 1. The highest BCUT2D eigenvalue weighted by Gasteiger charge is 2.18. The van der Waals surface area contributed by atoms with Crippen molar-refractivity contribution in [1.82, 2.24) is 4.90 Å². The summed E-state index contributed by atoms with van der Waals surface area (Å²) < 4.78 is 21.0. The fraction of sp³-hybridized carbons (Fsp3) is 0.350. The van der Waals surface area contributed by atoms with Crippen LogP contribution in [0, 0.1) is 0 Å². The third kappa shape index (κ3) is 4.77. The third-order valence-corrected chi connectivity index (χ3v) is 4.49. The number of rotatable bonds is 8. The molecule has 2 rings (SSSR count). The van der Waals surface area contributed by atoms with Gasteiger partial charge in [0.15, 0.2) is 23.0 Å². The van der Waals surface area contributed by atoms with Gasteiger partial charge in [0.1, 0.15) is 0 Å². The van der Waals surface area contributed by atoms with Gasteiger partial charge in [-0.2, -0.15) is 0 Å². The molecular formula is C20H24ClNO5. The number of carbonyl (C=O) groups excluding carboxylic acids is 1. The summed E-state index contributed by atoms with van der Waals surface area (Å²) in [5.74, 6) is 2.00. The Morgan fingerprint density at radius 1 is 0.926 bits per heavy atom. The Morgan fingerprint density at radius 2 is 1.59 bits per heavy atom. The summed E-state index contributed by atoms with van der Waals surface area (Å²) >= 11 is 6.20. The molecule has 0 aliphatic rings. The van der Waals surface area contributed by atoms with E-state index in [1.165, 1.54) is 14.2 Å². The summed E-state index contributed by atoms with van der Waals surface area (Å²) in [7, 11) is 7.94. The van der Waals surface area contributed by atoms with Crippen molar-refractivity contribution < 1.29 is 23.7 Å². The van der Waals surface area contributed by atoms with Gasteiger partial charge in [0.25, 0.3) is 5.91 Å². The monoisotopic (exact) mass is 393 g/mol. The van der Waals surface area contributed by atoms with E-state index in [0.29, 0.717) is 46.5 Å². The van der Waals surface area contributed by atoms with Crippen molar-refractivity contribution in [3.63, 3.8) is 0 Å². The molecule has 146 valence electrons. The van der Waals surface area contributed by atoms with Gasteiger partial charge in [-0.25, -0.2) is 0 Å². The average Bonchev–Trinajstić information content (AvgIpc) is 2.70. The lowest BCUT2D eigenvalue weighted by atomic mass is 10.1. The number of benzene rings is 2. The van der Waals surface area contributed by atoms with E-state index < -0.39 is 0 Å². The van der Waals surface area contributed by atoms with Crippen molar-refractivity contribution in [3.8, 4) is 23.0 Å². The van der Waals surface area contributed by atoms with Gasteiger partial charge < -0.3 is 23.8 Å². The SMILES string of the molecule is COc1ccc(CCN(C)C(=O)c2cc(Cl)c(OC)c(OC)c2)cc1OC. The van der Waals surface area contributed by atoms with Gasteiger partial charge in [-0.15, -0.1) is 0 Å². The Balaban J connectivity index is 2.11. The molecule has 0 aliphatic carbocycles. The maximum Gasteiger partial charge on any atom is 0.253 e. The van der Waals surface area contributed by atoms with Crippen LogP contribution in [0.1, 0.15) is 15.9 Å². The number of hydrogen-bond donors (Lipinski definition) is 0. The van der Waals surface area contributed by atoms with Gasteiger partial charge >= 0.3 is 0 Å². The topological polar surface area (TPSA) is 57.2 Å². The molecule has 0 aromatic heterocycles. The van der Waals surface area contributed by atoms with E-state index in [0.717, 1.165) is 5.56 Å². The zero-order chi connectivity index (χ0) is 20.0. The van der Waals surface area contributed by atoms with Crippen LogP contribution in [0.2, 0.25) is 5.02 Å². The first-order chi connectivity index (χ1) is 12.9. The van der Waals surface area contributed by atoms with Gasteiger partial charge in [-0.1, -0.05) is 17.7 Å². The standard InChI is InChI=1S/C20H24ClNO5/c1-22(9-8-13-6-7-16(24-2)17(10-13)25-3)20(23)14-11-15(21)19(27-5)18(12-14)26-4/h6-7,10-12H,8-9H2,1-5H3. The molecule has 1 amide bonds. The zero-order valence-electron chi connectivity index (χ0n) is 16.2. The van der Waals surface area contributed by atoms with Crippen LogP contribution in [0.15, 0.2) is 30.3 Å². The number of amides is 1. The minimum atomic E-state index is -0.154. The van der Waals surface area contributed by atoms with E-state index >= 15 is 0 Å². The molecule has 2 aromatic rings. The van der Waals surface area contributed by atoms with Crippen LogP contribution in [0.3, 0.4) is 0 Å². The molecule has 0 atom stereocenters. The van der Waals surface area contributed by atoms with Crippen molar-refractivity contribution in [2.24, 2.45) is 0 Å². The maximum atomic E-state index is 12.7. The van der Waals surface area contributed by atoms with E-state index in [2.05, 4.69) is 0 Å². The van der Waals surface area contributed by atoms with Crippen molar-refractivity contribution in [2.75, 3.05) is 42.0 Å². The highest BCUT2D eigenvalue weighted by Crippen LogP contribution is 2.36. The van der Waals surface area contributed by atoms with Gasteiger partial charge in [0.2, 0.25) is 0 Å². The normalized spacial score (nSPS) is 10.3. The molecular weight excluding hydrogens is 370 g/mol. The lowest BCUT2D eigenvalue weighted by molar-refractivity contribution is 0.0796. The highest BCUT2D eigenvalue weighted by atomic mass is 35.5. The number of hydrogen-bond acceptors (Lipinski definition) is 5. The molecule has 0 bridgehead atoms. The number of carbonyl (C=O) groups is 1. The molecule has 0 fully saturated rings. The number of ether oxygens (including phenoxy) is 4. The van der Waals surface area contributed by atoms with Crippen LogP contribution in [0.4, 0.5) is 0 Å². The van der Waals surface area contributed by atoms with Crippen LogP contribution in [0.5, 0.6) is 23.0 Å². The lowest BCUT2D eigenvalue weighted by Gasteiger charge is -2.19. The van der Waals surface area contributed by atoms with Crippen molar-refractivity contribution in [1.29, 1.82) is 0 Å². The van der Waals surface area contributed by atoms with Crippen molar-refractivity contribution >= 4 is 17.5 Å². The van der Waals surface area contributed by atoms with Crippen LogP contribution in [-0.4, -0.2) is 52.8 Å². The van der Waals surface area contributed by atoms with E-state index in [4.69, 9.17) is 30.5 Å². The second-order valence-electron chi connectivity index (χ2n) is 5.86. The summed E-state index contributed by atoms with van der Waals surface area (Å²) in [5.41, 5.74) is 1.48. The summed E-state index contributed by atoms with van der Waals surface area (Å²) in [4.78, 5) is 14.4. The molecule has 0 radical (unpaired) electrons. The van der Waals surface area contributed by atoms with E-state index in [1.807, 2.05) is 18.2 Å². The molecule has 6 nitrogen and oxygen atoms in total. The second-order valence-corrected chi connectivity index (χ2v) is 6.27. The molecule has 0 unspecified atom stereocenters. The minimum Gasteiger partial charge on any atom is -0.493 e. The largest absolute Gasteiger partial charge is 0.493 e. The number of nitrogens with zero attached hydrogens (tertiary/aromatic N) is 1. The fourth-order valence-electron chi connectivity index (χ4n) is 2.70. The first-order valence-electron chi connectivity index (χ1n) is 8.33. The summed E-state index contributed by atoms with van der Waals surface area (Å²) in [5, 5.41) is 0.327. The molecule has 2 aromatic carbocycles. The Labute approximate surface area is 164 Å². The van der Waals surface area contributed by atoms with Crippen LogP contribution in [0.25, 0.3) is 0 Å². The number of methoxy groups -OCH3 is 4. The predicted octanol–water partition coefficient (Wildman–Crippen LogP) is 3.69. The zero-order valence-corrected chi connectivity index (χ0v) is 16.9. The number of halogens is 1. The second kappa shape index (κ2) is 9.37. The molecule has 0 aliphatic heterocycles. The van der Waals surface area contributed by atoms with E-state index in [9.17, 15) is 4.79 Å². The van der Waals surface area contributed by atoms with Gasteiger partial charge in [-0.3, -0.25) is 4.79 Å². The fourth-order valence-corrected chi connectivity index (χ4v) is 2.98. The summed E-state index contributed by atoms with van der Waals surface area (Å²) in [6, 6.07) is 8.92. The first-order valence-corrected chi connectivity index (χ1v) is 8.70. The molecule has 0 N–H and O–H groups in total. The smallest absolute Gasteiger partial charge is 0.253 e. The quantitative estimate of drug-likeness (QED) is 0.684. The minimum absolute atomic E-state index is 0.154. The van der Waals surface area contributed by atoms with Gasteiger partial charge in [0.05, 0.1) is 33.5 Å². The third-order valence-electron chi connectivity index (χ3n) is 4.21. The molecule has 0 spiro atoms. The van der Waals surface area contributed by atoms with Crippen LogP contribution >= 0.6 is 11.6 Å². The lowest BCUT2D eigenvalue weighted by Crippen LogP contribution is -2.28. The molecule has 0 heterocycles. The van der Waals surface area contributed by atoms with E-state index in [-0.39, 0.29) is 5.91 Å². The molecule has 27 heavy (non-hydrogen) atoms. The van der Waals surface area contributed by atoms with Crippen LogP contribution < -0.4 is 18.9 Å². The van der Waals surface area contributed by atoms with Crippen LogP contribution in [-0.2, 0) is 6.42 Å². The Morgan fingerprint density at radius 3 is 2.19 bits per heavy atom. The molecule has 0 saturated carbocycles. The van der Waals surface area contributed by atoms with E-state index in [1.54, 1.807) is 38.3 Å². The predicted molar refractivity (Wildman–Crippen MR) is 105 cm³/mol. The Kier molecular flexibility index (Phi) is 7.19. The first kappa shape index (κ1) is 20.7. The van der Waals surface area contributed by atoms with Gasteiger partial charge in [-0.05, 0) is 36.2 Å². The average molecular weight is 394 g/mol. The Bertz CT molecular complexity index is 809.